The van der Waals surface area contributed by atoms with Gasteiger partial charge >= 0.3 is 0 Å². The van der Waals surface area contributed by atoms with Crippen LogP contribution in [0.25, 0.3) is 0 Å². The number of halogens is 3. The molecule has 0 unspecified atom stereocenters. The molecule has 1 aromatic carbocycles. The number of hydrogen-bond donors (Lipinski definition) is 1. The van der Waals surface area contributed by atoms with Crippen molar-refractivity contribution in [3.8, 4) is 0 Å². The Balaban J connectivity index is 2.21. The zero-order valence-corrected chi connectivity index (χ0v) is 12.9. The Morgan fingerprint density at radius 2 is 2.32 bits per heavy atom. The molecule has 1 saturated heterocycles. The molecule has 1 aliphatic rings. The van der Waals surface area contributed by atoms with E-state index in [2.05, 4.69) is 21.2 Å². The van der Waals surface area contributed by atoms with Crippen LogP contribution in [0.5, 0.6) is 0 Å². The van der Waals surface area contributed by atoms with Gasteiger partial charge in [0.2, 0.25) is 0 Å². The first kappa shape index (κ1) is 14.8. The Morgan fingerprint density at radius 3 is 2.95 bits per heavy atom. The highest BCUT2D eigenvalue weighted by Crippen LogP contribution is 2.26. The topological polar surface area (TPSA) is 32.3 Å². The van der Waals surface area contributed by atoms with Crippen LogP contribution in [-0.2, 0) is 0 Å². The summed E-state index contributed by atoms with van der Waals surface area (Å²) < 4.78 is 14.4. The van der Waals surface area contributed by atoms with E-state index in [-0.39, 0.29) is 22.5 Å². The number of piperidine rings is 1. The van der Waals surface area contributed by atoms with Crippen LogP contribution in [-0.4, -0.2) is 37.0 Å². The maximum atomic E-state index is 13.8. The molecule has 1 N–H and O–H groups in total. The molecule has 0 spiro atoms. The average molecular weight is 350 g/mol. The number of hydrogen-bond acceptors (Lipinski definition) is 2. The molecule has 0 saturated carbocycles. The van der Waals surface area contributed by atoms with Gasteiger partial charge in [-0.1, -0.05) is 11.6 Å². The van der Waals surface area contributed by atoms with Gasteiger partial charge in [-0.15, -0.1) is 0 Å². The molecule has 0 bridgehead atoms. The number of nitrogens with one attached hydrogen (secondary N) is 1. The normalized spacial score (nSPS) is 19.3. The number of benzene rings is 1. The zero-order chi connectivity index (χ0) is 14.0. The number of rotatable bonds is 2. The minimum atomic E-state index is -0.589. The van der Waals surface area contributed by atoms with E-state index in [1.807, 2.05) is 0 Å². The van der Waals surface area contributed by atoms with Gasteiger partial charge in [-0.3, -0.25) is 4.79 Å². The summed E-state index contributed by atoms with van der Waals surface area (Å²) in [6.45, 7) is 1.72. The minimum Gasteiger partial charge on any atom is -0.337 e. The molecular weight excluding hydrogens is 335 g/mol. The highest BCUT2D eigenvalue weighted by atomic mass is 79.9. The maximum absolute atomic E-state index is 13.8. The molecule has 0 aliphatic carbocycles. The van der Waals surface area contributed by atoms with Crippen LogP contribution in [0.15, 0.2) is 16.6 Å². The standard InChI is InChI=1S/C13H15BrClFN2O/c1-18(8-3-2-4-17-7-8)13(19)9-5-10(14)11(15)6-12(9)16/h5-6,8,17H,2-4,7H2,1H3/t8-/m1/s1. The molecule has 104 valence electrons. The van der Waals surface area contributed by atoms with Crippen LogP contribution in [0.1, 0.15) is 23.2 Å². The van der Waals surface area contributed by atoms with Crippen molar-refractivity contribution < 1.29 is 9.18 Å². The summed E-state index contributed by atoms with van der Waals surface area (Å²) in [6, 6.07) is 2.70. The molecule has 1 aromatic rings. The molecule has 1 heterocycles. The van der Waals surface area contributed by atoms with Crippen molar-refractivity contribution in [3.05, 3.63) is 33.0 Å². The predicted octanol–water partition coefficient (Wildman–Crippen LogP) is 3.07. The quantitative estimate of drug-likeness (QED) is 0.832. The Morgan fingerprint density at radius 1 is 1.58 bits per heavy atom. The van der Waals surface area contributed by atoms with Crippen molar-refractivity contribution in [2.45, 2.75) is 18.9 Å². The maximum Gasteiger partial charge on any atom is 0.256 e. The van der Waals surface area contributed by atoms with Gasteiger partial charge in [0.1, 0.15) is 5.82 Å². The molecule has 0 radical (unpaired) electrons. The Kier molecular flexibility index (Phi) is 4.81. The molecule has 1 aliphatic heterocycles. The van der Waals surface area contributed by atoms with Crippen molar-refractivity contribution >= 4 is 33.4 Å². The molecule has 1 amide bonds. The lowest BCUT2D eigenvalue weighted by atomic mass is 10.1. The third-order valence-electron chi connectivity index (χ3n) is 3.38. The highest BCUT2D eigenvalue weighted by molar-refractivity contribution is 9.10. The first-order valence-electron chi connectivity index (χ1n) is 6.13. The molecule has 19 heavy (non-hydrogen) atoms. The summed E-state index contributed by atoms with van der Waals surface area (Å²) in [5.41, 5.74) is 0.0457. The van der Waals surface area contributed by atoms with Crippen LogP contribution in [0.3, 0.4) is 0 Å². The van der Waals surface area contributed by atoms with E-state index < -0.39 is 5.82 Å². The number of carbonyl (C=O) groups excluding carboxylic acids is 1. The van der Waals surface area contributed by atoms with Crippen molar-refractivity contribution in [1.29, 1.82) is 0 Å². The summed E-state index contributed by atoms with van der Waals surface area (Å²) in [5.74, 6) is -0.905. The first-order chi connectivity index (χ1) is 9.00. The largest absolute Gasteiger partial charge is 0.337 e. The summed E-state index contributed by atoms with van der Waals surface area (Å²) in [4.78, 5) is 13.9. The third kappa shape index (κ3) is 3.27. The van der Waals surface area contributed by atoms with E-state index in [4.69, 9.17) is 11.6 Å². The second-order valence-electron chi connectivity index (χ2n) is 4.66. The van der Waals surface area contributed by atoms with E-state index in [0.29, 0.717) is 4.47 Å². The summed E-state index contributed by atoms with van der Waals surface area (Å²) >= 11 is 9.01. The molecule has 6 heteroatoms. The van der Waals surface area contributed by atoms with Crippen LogP contribution < -0.4 is 5.32 Å². The van der Waals surface area contributed by atoms with Crippen LogP contribution in [0.4, 0.5) is 4.39 Å². The lowest BCUT2D eigenvalue weighted by molar-refractivity contribution is 0.0703. The minimum absolute atomic E-state index is 0.0457. The van der Waals surface area contributed by atoms with Crippen molar-refractivity contribution in [2.75, 3.05) is 20.1 Å². The fourth-order valence-corrected chi connectivity index (χ4v) is 2.70. The molecule has 1 atom stereocenters. The second-order valence-corrected chi connectivity index (χ2v) is 5.92. The molecular formula is C13H15BrClFN2O. The Bertz CT molecular complexity index is 492. The number of likely N-dealkylation sites (N-methyl/N-ethyl adjacent to an activating group) is 1. The van der Waals surface area contributed by atoms with Gasteiger partial charge in [0.25, 0.3) is 5.91 Å². The molecule has 3 nitrogen and oxygen atoms in total. The number of nitrogens with zero attached hydrogens (tertiary/aromatic N) is 1. The van der Waals surface area contributed by atoms with Gasteiger partial charge in [0, 0.05) is 24.1 Å². The Hall–Kier alpha value is -0.650. The second kappa shape index (κ2) is 6.20. The molecule has 0 aromatic heterocycles. The van der Waals surface area contributed by atoms with E-state index >= 15 is 0 Å². The zero-order valence-electron chi connectivity index (χ0n) is 10.5. The van der Waals surface area contributed by atoms with E-state index in [1.54, 1.807) is 11.9 Å². The van der Waals surface area contributed by atoms with Crippen LogP contribution >= 0.6 is 27.5 Å². The first-order valence-corrected chi connectivity index (χ1v) is 7.30. The summed E-state index contributed by atoms with van der Waals surface area (Å²) in [5, 5.41) is 3.50. The average Bonchev–Trinajstić information content (AvgIpc) is 2.42. The molecule has 2 rings (SSSR count). The summed E-state index contributed by atoms with van der Waals surface area (Å²) in [6.07, 6.45) is 1.96. The van der Waals surface area contributed by atoms with E-state index in [9.17, 15) is 9.18 Å². The van der Waals surface area contributed by atoms with Gasteiger partial charge < -0.3 is 10.2 Å². The van der Waals surface area contributed by atoms with Gasteiger partial charge in [-0.05, 0) is 47.4 Å². The van der Waals surface area contributed by atoms with Gasteiger partial charge in [-0.25, -0.2) is 4.39 Å². The summed E-state index contributed by atoms with van der Waals surface area (Å²) in [7, 11) is 1.71. The molecule has 1 fully saturated rings. The SMILES string of the molecule is CN(C(=O)c1cc(Br)c(Cl)cc1F)[C@@H]1CCCNC1. The number of carbonyl (C=O) groups is 1. The number of amides is 1. The van der Waals surface area contributed by atoms with E-state index in [0.717, 1.165) is 32.0 Å². The Labute approximate surface area is 125 Å². The lowest BCUT2D eigenvalue weighted by Crippen LogP contribution is -2.46. The van der Waals surface area contributed by atoms with Crippen molar-refractivity contribution in [3.63, 3.8) is 0 Å². The highest BCUT2D eigenvalue weighted by Gasteiger charge is 2.25. The third-order valence-corrected chi connectivity index (χ3v) is 4.58. The monoisotopic (exact) mass is 348 g/mol. The van der Waals surface area contributed by atoms with Gasteiger partial charge in [0.05, 0.1) is 10.6 Å². The lowest BCUT2D eigenvalue weighted by Gasteiger charge is -2.31. The van der Waals surface area contributed by atoms with Crippen molar-refractivity contribution in [1.82, 2.24) is 10.2 Å². The van der Waals surface area contributed by atoms with Crippen molar-refractivity contribution in [2.24, 2.45) is 0 Å². The predicted molar refractivity (Wildman–Crippen MR) is 77.1 cm³/mol. The van der Waals surface area contributed by atoms with Crippen LogP contribution in [0, 0.1) is 5.82 Å². The smallest absolute Gasteiger partial charge is 0.256 e. The van der Waals surface area contributed by atoms with Gasteiger partial charge in [-0.2, -0.15) is 0 Å². The fraction of sp³-hybridized carbons (Fsp3) is 0.462. The van der Waals surface area contributed by atoms with Gasteiger partial charge in [0.15, 0.2) is 0 Å². The fourth-order valence-electron chi connectivity index (χ4n) is 2.21. The van der Waals surface area contributed by atoms with Crippen LogP contribution in [0.2, 0.25) is 5.02 Å². The van der Waals surface area contributed by atoms with E-state index in [1.165, 1.54) is 6.07 Å².